The third-order valence-corrected chi connectivity index (χ3v) is 2.52. The maximum absolute atomic E-state index is 2.37. The lowest BCUT2D eigenvalue weighted by molar-refractivity contribution is 0.693. The zero-order valence-corrected chi connectivity index (χ0v) is 5.80. The van der Waals surface area contributed by atoms with E-state index in [9.17, 15) is 0 Å². The van der Waals surface area contributed by atoms with E-state index in [2.05, 4.69) is 25.2 Å². The van der Waals surface area contributed by atoms with Gasteiger partial charge in [0, 0.05) is 0 Å². The van der Waals surface area contributed by atoms with Gasteiger partial charge < -0.3 is 0 Å². The van der Waals surface area contributed by atoms with Crippen molar-refractivity contribution in [2.45, 2.75) is 19.8 Å². The molecule has 48 valence electrons. The summed E-state index contributed by atoms with van der Waals surface area (Å²) < 4.78 is 0. The third-order valence-electron chi connectivity index (χ3n) is 2.52. The Morgan fingerprint density at radius 3 is 2.78 bits per heavy atom. The van der Waals surface area contributed by atoms with Crippen molar-refractivity contribution < 1.29 is 0 Å². The average Bonchev–Trinajstić information content (AvgIpc) is 2.45. The van der Waals surface area contributed by atoms with E-state index in [0.29, 0.717) is 0 Å². The molecule has 0 aromatic rings. The van der Waals surface area contributed by atoms with Gasteiger partial charge in [0.1, 0.15) is 0 Å². The second-order valence-electron chi connectivity index (χ2n) is 3.05. The molecule has 1 fully saturated rings. The minimum absolute atomic E-state index is 0.833. The molecule has 2 bridgehead atoms. The zero-order chi connectivity index (χ0) is 6.27. The molecule has 1 saturated carbocycles. The van der Waals surface area contributed by atoms with Crippen LogP contribution >= 0.6 is 0 Å². The van der Waals surface area contributed by atoms with E-state index >= 15 is 0 Å². The number of allylic oxidation sites excluding steroid dienone is 4. The van der Waals surface area contributed by atoms with Gasteiger partial charge in [-0.05, 0) is 31.6 Å². The summed E-state index contributed by atoms with van der Waals surface area (Å²) in [5, 5.41) is 0. The fourth-order valence-electron chi connectivity index (χ4n) is 1.99. The Bertz CT molecular complexity index is 174. The second-order valence-corrected chi connectivity index (χ2v) is 3.05. The predicted octanol–water partition coefficient (Wildman–Crippen LogP) is 2.53. The van der Waals surface area contributed by atoms with Crippen molar-refractivity contribution in [3.63, 3.8) is 0 Å². The fraction of sp³-hybridized carbons (Fsp3) is 0.556. The standard InChI is InChI=1S/C9H12/c1-2-8-5-7-3-4-9(8)6-7/h2-4,7,9H,5-6H2,1H3/b8-2-/t7-,9-/m0/s1. The summed E-state index contributed by atoms with van der Waals surface area (Å²) in [5.41, 5.74) is 1.67. The van der Waals surface area contributed by atoms with Gasteiger partial charge in [-0.25, -0.2) is 0 Å². The fourth-order valence-corrected chi connectivity index (χ4v) is 1.99. The van der Waals surface area contributed by atoms with Gasteiger partial charge in [0.15, 0.2) is 0 Å². The molecule has 0 amide bonds. The van der Waals surface area contributed by atoms with Crippen molar-refractivity contribution in [1.29, 1.82) is 0 Å². The molecule has 0 radical (unpaired) electrons. The van der Waals surface area contributed by atoms with Crippen molar-refractivity contribution in [3.8, 4) is 0 Å². The molecule has 2 aliphatic rings. The minimum Gasteiger partial charge on any atom is -0.0878 e. The first-order valence-electron chi connectivity index (χ1n) is 3.73. The van der Waals surface area contributed by atoms with E-state index in [1.54, 1.807) is 5.57 Å². The first kappa shape index (κ1) is 5.28. The summed E-state index contributed by atoms with van der Waals surface area (Å²) in [7, 11) is 0. The molecule has 0 heterocycles. The molecular weight excluding hydrogens is 108 g/mol. The Morgan fingerprint density at radius 1 is 1.56 bits per heavy atom. The molecule has 0 aliphatic heterocycles. The van der Waals surface area contributed by atoms with Gasteiger partial charge in [0.05, 0.1) is 0 Å². The Kier molecular flexibility index (Phi) is 1.01. The molecule has 0 unspecified atom stereocenters. The van der Waals surface area contributed by atoms with Gasteiger partial charge in [0.2, 0.25) is 0 Å². The van der Waals surface area contributed by atoms with Crippen molar-refractivity contribution in [2.24, 2.45) is 11.8 Å². The van der Waals surface area contributed by atoms with Crippen molar-refractivity contribution in [2.75, 3.05) is 0 Å². The minimum atomic E-state index is 0.833. The van der Waals surface area contributed by atoms with Crippen molar-refractivity contribution in [1.82, 2.24) is 0 Å². The van der Waals surface area contributed by atoms with Crippen LogP contribution < -0.4 is 0 Å². The summed E-state index contributed by atoms with van der Waals surface area (Å²) in [6.07, 6.45) is 9.77. The summed E-state index contributed by atoms with van der Waals surface area (Å²) in [5.74, 6) is 1.74. The lowest BCUT2D eigenvalue weighted by Gasteiger charge is -2.05. The van der Waals surface area contributed by atoms with Crippen molar-refractivity contribution >= 4 is 0 Å². The van der Waals surface area contributed by atoms with E-state index in [-0.39, 0.29) is 0 Å². The molecule has 2 atom stereocenters. The molecule has 0 spiro atoms. The van der Waals surface area contributed by atoms with Gasteiger partial charge in [0.25, 0.3) is 0 Å². The molecule has 0 heteroatoms. The van der Waals surface area contributed by atoms with Crippen LogP contribution in [-0.2, 0) is 0 Å². The van der Waals surface area contributed by atoms with Crippen LogP contribution in [0.1, 0.15) is 19.8 Å². The highest BCUT2D eigenvalue weighted by molar-refractivity contribution is 5.26. The van der Waals surface area contributed by atoms with E-state index in [1.807, 2.05) is 0 Å². The number of fused-ring (bicyclic) bond motifs is 2. The first-order valence-corrected chi connectivity index (χ1v) is 3.73. The molecule has 2 rings (SSSR count). The first-order chi connectivity index (χ1) is 4.40. The smallest absolute Gasteiger partial charge is 0.00174 e. The summed E-state index contributed by atoms with van der Waals surface area (Å²) in [6, 6.07) is 0. The Hall–Kier alpha value is -0.520. The van der Waals surface area contributed by atoms with Crippen LogP contribution in [0.3, 0.4) is 0 Å². The van der Waals surface area contributed by atoms with Gasteiger partial charge in [-0.2, -0.15) is 0 Å². The maximum atomic E-state index is 2.37. The van der Waals surface area contributed by atoms with Crippen LogP contribution in [0.25, 0.3) is 0 Å². The average molecular weight is 120 g/mol. The zero-order valence-electron chi connectivity index (χ0n) is 5.80. The normalized spacial score (nSPS) is 43.0. The second kappa shape index (κ2) is 1.73. The highest BCUT2D eigenvalue weighted by Gasteiger charge is 2.29. The molecule has 0 saturated heterocycles. The molecule has 0 aromatic heterocycles. The number of rotatable bonds is 0. The predicted molar refractivity (Wildman–Crippen MR) is 39.1 cm³/mol. The molecule has 0 N–H and O–H groups in total. The summed E-state index contributed by atoms with van der Waals surface area (Å²) in [4.78, 5) is 0. The Balaban J connectivity index is 2.29. The van der Waals surface area contributed by atoms with Crippen LogP contribution in [-0.4, -0.2) is 0 Å². The molecule has 2 aliphatic carbocycles. The number of hydrogen-bond donors (Lipinski definition) is 0. The van der Waals surface area contributed by atoms with E-state index in [0.717, 1.165) is 11.8 Å². The van der Waals surface area contributed by atoms with Gasteiger partial charge in [-0.15, -0.1) is 0 Å². The third kappa shape index (κ3) is 0.658. The quantitative estimate of drug-likeness (QED) is 0.431. The maximum Gasteiger partial charge on any atom is -0.00174 e. The summed E-state index contributed by atoms with van der Waals surface area (Å²) >= 11 is 0. The van der Waals surface area contributed by atoms with E-state index in [4.69, 9.17) is 0 Å². The van der Waals surface area contributed by atoms with Crippen LogP contribution in [0, 0.1) is 11.8 Å². The molecule has 0 aromatic carbocycles. The van der Waals surface area contributed by atoms with Crippen LogP contribution in [0.15, 0.2) is 23.8 Å². The van der Waals surface area contributed by atoms with Crippen LogP contribution in [0.2, 0.25) is 0 Å². The van der Waals surface area contributed by atoms with Crippen LogP contribution in [0.5, 0.6) is 0 Å². The van der Waals surface area contributed by atoms with Gasteiger partial charge >= 0.3 is 0 Å². The monoisotopic (exact) mass is 120 g/mol. The van der Waals surface area contributed by atoms with E-state index in [1.165, 1.54) is 12.8 Å². The SMILES string of the molecule is C/C=C1/C[C@@H]2C=C[C@H]1C2. The Labute approximate surface area is 56.3 Å². The lowest BCUT2D eigenvalue weighted by atomic mass is 10.0. The largest absolute Gasteiger partial charge is 0.0878 e. The molecular formula is C9H12. The highest BCUT2D eigenvalue weighted by Crippen LogP contribution is 2.42. The topological polar surface area (TPSA) is 0 Å². The summed E-state index contributed by atoms with van der Waals surface area (Å²) in [6.45, 7) is 2.16. The van der Waals surface area contributed by atoms with Crippen LogP contribution in [0.4, 0.5) is 0 Å². The molecule has 9 heavy (non-hydrogen) atoms. The van der Waals surface area contributed by atoms with Crippen molar-refractivity contribution in [3.05, 3.63) is 23.8 Å². The van der Waals surface area contributed by atoms with Gasteiger partial charge in [-0.1, -0.05) is 23.8 Å². The highest BCUT2D eigenvalue weighted by atomic mass is 14.3. The Morgan fingerprint density at radius 2 is 2.44 bits per heavy atom. The van der Waals surface area contributed by atoms with Gasteiger partial charge in [-0.3, -0.25) is 0 Å². The molecule has 0 nitrogen and oxygen atoms in total. The van der Waals surface area contributed by atoms with E-state index < -0.39 is 0 Å². The number of hydrogen-bond acceptors (Lipinski definition) is 0. The lowest BCUT2D eigenvalue weighted by Crippen LogP contribution is -1.90.